The Morgan fingerprint density at radius 2 is 0.847 bits per heavy atom. The van der Waals surface area contributed by atoms with Crippen molar-refractivity contribution in [2.45, 2.75) is 172 Å². The minimum atomic E-state index is -0.571. The molecule has 2 atom stereocenters. The number of aryl methyl sites for hydroxylation is 2. The summed E-state index contributed by atoms with van der Waals surface area (Å²) in [5.74, 6) is 0.968. The van der Waals surface area contributed by atoms with E-state index < -0.39 is 38.0 Å². The standard InChI is InChI=1S/C20H23NO3.C19H22N2O3.C16H18N2O4.C16H17NO3.C15H16N2O4/c22-15-12-18(23)20(13-15)8-10-21(11-9-20)19(24)17-7-3-5-14-4-1-2-6-16(14)17;22-16-12-19(18(24)20-16)8-10-21(11-9-19)17(23)15-7-3-5-13-4-1-2-6-14(13)15;1-22-15(21)11-2-3-14(17-10-11)18-6-4-16(5-7-18)9-12(19)8-13(16)20;18-13-10-14(19)16(11-13)6-8-17(9-7-16)15(20)12-4-2-1-3-5-12;18-13-9-14(19)15(10-13)5-7-16(8-6-15)11-1-3-12(4-2-11)17(20)21/h1-2,4,6,17H,3,5,7-13H2;1-2,4,6,15H,3,5,7-12H2,(H,20,22,24);2-3,10H,4-9H2,1H3;1-5H,6-11H2;1-4H,5-10H2/t17-;15-;;;/m10.../s1. The highest BCUT2D eigenvalue weighted by molar-refractivity contribution is 6.12. The maximum Gasteiger partial charge on any atom is 0.339 e. The van der Waals surface area contributed by atoms with Crippen LogP contribution < -0.4 is 15.1 Å². The van der Waals surface area contributed by atoms with Crippen LogP contribution in [0.25, 0.3) is 0 Å². The fourth-order valence-electron chi connectivity index (χ4n) is 19.2. The third-order valence-corrected chi connectivity index (χ3v) is 26.0. The third kappa shape index (κ3) is 16.9. The molecule has 12 aliphatic rings. The molecular weight excluding hydrogens is 1420 g/mol. The summed E-state index contributed by atoms with van der Waals surface area (Å²) in [6, 6.07) is 35.6. The first-order valence-electron chi connectivity index (χ1n) is 39.2. The molecule has 25 heteroatoms. The van der Waals surface area contributed by atoms with Crippen LogP contribution >= 0.6 is 0 Å². The molecule has 1 N–H and O–H groups in total. The van der Waals surface area contributed by atoms with Gasteiger partial charge in [0.1, 0.15) is 52.1 Å². The number of anilines is 2. The molecule has 6 aliphatic carbocycles. The van der Waals surface area contributed by atoms with Crippen LogP contribution in [0.1, 0.15) is 202 Å². The minimum Gasteiger partial charge on any atom is -0.465 e. The van der Waals surface area contributed by atoms with Crippen LogP contribution in [0.2, 0.25) is 0 Å². The molecule has 4 saturated carbocycles. The molecule has 5 aromatic rings. The van der Waals surface area contributed by atoms with E-state index in [9.17, 15) is 77.2 Å². The largest absolute Gasteiger partial charge is 0.465 e. The molecule has 0 radical (unpaired) electrons. The molecule has 0 bridgehead atoms. The highest BCUT2D eigenvalue weighted by Crippen LogP contribution is 2.48. The monoisotopic (exact) mass is 1510 g/mol. The fourth-order valence-corrected chi connectivity index (χ4v) is 19.2. The number of methoxy groups -OCH3 is 1. The number of aromatic nitrogens is 1. The van der Waals surface area contributed by atoms with Gasteiger partial charge in [-0.1, -0.05) is 66.7 Å². The van der Waals surface area contributed by atoms with Gasteiger partial charge in [-0.15, -0.1) is 0 Å². The van der Waals surface area contributed by atoms with Gasteiger partial charge in [-0.25, -0.2) is 9.78 Å². The normalized spacial score (nSPS) is 23.0. The number of ether oxygens (including phenoxy) is 1. The number of amides is 5. The first-order chi connectivity index (χ1) is 53.3. The maximum absolute atomic E-state index is 13.0. The second-order valence-electron chi connectivity index (χ2n) is 32.5. The van der Waals surface area contributed by atoms with Crippen molar-refractivity contribution in [1.29, 1.82) is 0 Å². The van der Waals surface area contributed by atoms with Crippen LogP contribution in [0.5, 0.6) is 0 Å². The molecule has 111 heavy (non-hydrogen) atoms. The van der Waals surface area contributed by atoms with Crippen LogP contribution in [-0.4, -0.2) is 179 Å². The third-order valence-electron chi connectivity index (χ3n) is 26.0. The molecule has 1 aromatic heterocycles. The zero-order valence-corrected chi connectivity index (χ0v) is 63.0. The van der Waals surface area contributed by atoms with Gasteiger partial charge in [-0.3, -0.25) is 77.8 Å². The lowest BCUT2D eigenvalue weighted by Crippen LogP contribution is -2.47. The predicted molar refractivity (Wildman–Crippen MR) is 406 cm³/mol. The molecule has 582 valence electrons. The first-order valence-corrected chi connectivity index (χ1v) is 39.2. The molecule has 6 aliphatic heterocycles. The number of benzene rings is 4. The van der Waals surface area contributed by atoms with Crippen LogP contribution in [0.15, 0.2) is 121 Å². The number of ketones is 8. The number of piperidine rings is 5. The number of pyridine rings is 1. The van der Waals surface area contributed by atoms with Crippen molar-refractivity contribution in [3.8, 4) is 0 Å². The molecule has 10 fully saturated rings. The van der Waals surface area contributed by atoms with Crippen molar-refractivity contribution in [3.63, 3.8) is 0 Å². The minimum absolute atomic E-state index is 0.0113. The summed E-state index contributed by atoms with van der Waals surface area (Å²) >= 11 is 0. The summed E-state index contributed by atoms with van der Waals surface area (Å²) in [7, 11) is 1.33. The second-order valence-corrected chi connectivity index (χ2v) is 32.5. The van der Waals surface area contributed by atoms with Crippen LogP contribution in [-0.2, 0) is 75.1 Å². The van der Waals surface area contributed by atoms with Gasteiger partial charge in [0.2, 0.25) is 23.6 Å². The number of nitrogens with one attached hydrogen (secondary N) is 1. The van der Waals surface area contributed by atoms with Gasteiger partial charge in [0.15, 0.2) is 0 Å². The van der Waals surface area contributed by atoms with Crippen molar-refractivity contribution in [2.75, 3.05) is 82.4 Å². The zero-order chi connectivity index (χ0) is 78.4. The zero-order valence-electron chi connectivity index (χ0n) is 63.0. The molecule has 4 aromatic carbocycles. The van der Waals surface area contributed by atoms with Crippen molar-refractivity contribution >= 4 is 99.0 Å². The van der Waals surface area contributed by atoms with Gasteiger partial charge < -0.3 is 29.2 Å². The predicted octanol–water partition coefficient (Wildman–Crippen LogP) is 9.75. The Morgan fingerprint density at radius 3 is 1.23 bits per heavy atom. The number of Topliss-reactive ketones (excluding diaryl/α,β-unsaturated/α-hetero) is 8. The van der Waals surface area contributed by atoms with Gasteiger partial charge in [0.25, 0.3) is 11.6 Å². The van der Waals surface area contributed by atoms with E-state index in [4.69, 9.17) is 0 Å². The summed E-state index contributed by atoms with van der Waals surface area (Å²) in [5, 5.41) is 13.1. The number of hydrogen-bond acceptors (Lipinski definition) is 20. The molecule has 25 nitrogen and oxygen atoms in total. The molecule has 0 unspecified atom stereocenters. The first kappa shape index (κ1) is 78.5. The Kier molecular flexibility index (Phi) is 23.5. The van der Waals surface area contributed by atoms with E-state index >= 15 is 0 Å². The number of esters is 1. The Bertz CT molecular complexity index is 4370. The number of nitro groups is 1. The van der Waals surface area contributed by atoms with Gasteiger partial charge >= 0.3 is 5.97 Å². The van der Waals surface area contributed by atoms with Gasteiger partial charge in [0, 0.05) is 149 Å². The summed E-state index contributed by atoms with van der Waals surface area (Å²) in [6.07, 6.45) is 16.2. The summed E-state index contributed by atoms with van der Waals surface area (Å²) < 4.78 is 4.64. The van der Waals surface area contributed by atoms with E-state index in [0.717, 1.165) is 50.0 Å². The van der Waals surface area contributed by atoms with E-state index in [1.807, 2.05) is 52.3 Å². The Hall–Kier alpha value is -10.6. The van der Waals surface area contributed by atoms with Gasteiger partial charge in [-0.2, -0.15) is 0 Å². The number of hydrogen-bond donors (Lipinski definition) is 1. The quantitative estimate of drug-likeness (QED) is 0.0520. The van der Waals surface area contributed by atoms with E-state index in [1.54, 1.807) is 41.3 Å². The summed E-state index contributed by atoms with van der Waals surface area (Å²) in [4.78, 5) is 192. The smallest absolute Gasteiger partial charge is 0.339 e. The highest BCUT2D eigenvalue weighted by atomic mass is 16.6. The molecular formula is C86H96N8O17. The average Bonchev–Trinajstić information content (AvgIpc) is 1.46. The van der Waals surface area contributed by atoms with Crippen molar-refractivity contribution < 1.29 is 76.8 Å². The topological polar surface area (TPSA) is 332 Å². The summed E-state index contributed by atoms with van der Waals surface area (Å²) in [6.45, 7) is 6.28. The van der Waals surface area contributed by atoms with E-state index in [-0.39, 0.29) is 125 Å². The van der Waals surface area contributed by atoms with E-state index in [1.165, 1.54) is 47.7 Å². The fraction of sp³-hybridized carbons (Fsp3) is 0.500. The maximum atomic E-state index is 13.0. The van der Waals surface area contributed by atoms with Crippen molar-refractivity contribution in [1.82, 2.24) is 25.0 Å². The molecule has 5 amide bonds. The van der Waals surface area contributed by atoms with Crippen LogP contribution in [0.4, 0.5) is 17.2 Å². The number of fused-ring (bicyclic) bond motifs is 2. The Balaban J connectivity index is 0.000000122. The highest BCUT2D eigenvalue weighted by Gasteiger charge is 2.53. The van der Waals surface area contributed by atoms with Crippen LogP contribution in [0, 0.1) is 37.2 Å². The number of carbonyl (C=O) groups excluding carboxylic acids is 14. The van der Waals surface area contributed by atoms with E-state index in [0.29, 0.717) is 166 Å². The SMILES string of the molecule is COC(=O)c1ccc(N2CCC3(CC2)CC(=O)CC3=O)nc1.O=C1CC(=O)C2(CCN(C(=O)[C@@H]3CCCc4ccccc43)CC2)C1.O=C1CC(=O)C2(CCN(C(=O)c3ccccc3)CC2)C1.O=C1CC(=O)C2(CCN(c3ccc([N+](=O)[O-])cc3)CC2)C1.O=C1CC2(CCN(C(=O)[C@H]3CCCc4ccccc43)CC2)C(=O)N1. The number of nitrogens with zero attached hydrogens (tertiary/aromatic N) is 7. The Labute approximate surface area is 644 Å². The number of rotatable bonds is 7. The van der Waals surface area contributed by atoms with E-state index in [2.05, 4.69) is 49.1 Å². The number of carbonyl (C=O) groups is 14. The van der Waals surface area contributed by atoms with Crippen molar-refractivity contribution in [3.05, 3.63) is 165 Å². The lowest BCUT2D eigenvalue weighted by atomic mass is 9.75. The number of likely N-dealkylation sites (tertiary alicyclic amines) is 3. The summed E-state index contributed by atoms with van der Waals surface area (Å²) in [5.41, 5.74) is 4.66. The average molecular weight is 1510 g/mol. The second kappa shape index (κ2) is 33.2. The Morgan fingerprint density at radius 1 is 0.450 bits per heavy atom. The van der Waals surface area contributed by atoms with Crippen molar-refractivity contribution in [2.24, 2.45) is 27.1 Å². The number of nitro benzene ring substituents is 1. The van der Waals surface area contributed by atoms with Gasteiger partial charge in [-0.05, 0) is 161 Å². The lowest BCUT2D eigenvalue weighted by molar-refractivity contribution is -0.384. The number of non-ortho nitro benzene ring substituents is 1. The molecule has 5 spiro atoms. The number of imide groups is 1. The van der Waals surface area contributed by atoms with Gasteiger partial charge in [0.05, 0.1) is 60.5 Å². The van der Waals surface area contributed by atoms with Crippen LogP contribution in [0.3, 0.4) is 0 Å². The molecule has 17 rings (SSSR count). The lowest BCUT2D eigenvalue weighted by Gasteiger charge is -2.39. The molecule has 7 heterocycles. The molecule has 6 saturated heterocycles.